The fraction of sp³-hybridized carbons (Fsp3) is 0.474. The number of benzene rings is 1. The Kier molecular flexibility index (Phi) is 6.44. The van der Waals surface area contributed by atoms with Crippen molar-refractivity contribution >= 4 is 23.0 Å². The molecule has 0 amide bonds. The lowest BCUT2D eigenvalue weighted by molar-refractivity contribution is 0.461. The zero-order valence-corrected chi connectivity index (χ0v) is 16.2. The number of rotatable bonds is 5. The van der Waals surface area contributed by atoms with E-state index in [1.54, 1.807) is 30.5 Å². The quantitative estimate of drug-likeness (QED) is 0.623. The third-order valence-electron chi connectivity index (χ3n) is 4.53. The fourth-order valence-corrected chi connectivity index (χ4v) is 3.93. The van der Waals surface area contributed by atoms with E-state index in [2.05, 4.69) is 32.4 Å². The first-order valence-electron chi connectivity index (χ1n) is 9.03. The molecule has 0 saturated carbocycles. The van der Waals surface area contributed by atoms with E-state index >= 15 is 0 Å². The van der Waals surface area contributed by atoms with Crippen molar-refractivity contribution in [2.45, 2.75) is 32.2 Å². The topological polar surface area (TPSA) is 52.6 Å². The number of nitrogens with one attached hydrogen (secondary N) is 2. The van der Waals surface area contributed by atoms with Gasteiger partial charge in [-0.2, -0.15) is 0 Å². The largest absolute Gasteiger partial charge is 0.371 e. The van der Waals surface area contributed by atoms with Gasteiger partial charge in [0, 0.05) is 55.9 Å². The van der Waals surface area contributed by atoms with Crippen LogP contribution in [0, 0.1) is 12.7 Å². The number of hydrogen-bond donors (Lipinski definition) is 2. The lowest BCUT2D eigenvalue weighted by Gasteiger charge is -2.34. The number of aromatic nitrogens is 1. The van der Waals surface area contributed by atoms with Crippen LogP contribution >= 0.6 is 11.3 Å². The van der Waals surface area contributed by atoms with E-state index in [9.17, 15) is 4.39 Å². The Morgan fingerprint density at radius 1 is 1.38 bits per heavy atom. The predicted octanol–water partition coefficient (Wildman–Crippen LogP) is 2.97. The van der Waals surface area contributed by atoms with Gasteiger partial charge < -0.3 is 15.5 Å². The van der Waals surface area contributed by atoms with Crippen molar-refractivity contribution in [3.8, 4) is 0 Å². The van der Waals surface area contributed by atoms with Crippen LogP contribution in [0.1, 0.15) is 22.7 Å². The molecule has 0 radical (unpaired) electrons. The zero-order chi connectivity index (χ0) is 18.4. The third-order valence-corrected chi connectivity index (χ3v) is 5.51. The Morgan fingerprint density at radius 2 is 2.19 bits per heavy atom. The second-order valence-electron chi connectivity index (χ2n) is 6.50. The molecule has 1 aromatic carbocycles. The molecule has 7 heteroatoms. The molecule has 1 aliphatic heterocycles. The minimum Gasteiger partial charge on any atom is -0.371 e. The predicted molar refractivity (Wildman–Crippen MR) is 107 cm³/mol. The van der Waals surface area contributed by atoms with Crippen LogP contribution in [0.4, 0.5) is 10.1 Å². The molecule has 2 N–H and O–H groups in total. The van der Waals surface area contributed by atoms with Gasteiger partial charge in [-0.1, -0.05) is 6.07 Å². The number of thiazole rings is 1. The SMILES string of the molecule is CN=C(NCCc1ncc(C)s1)NC1CCN(c2cccc(F)c2)CC1. The van der Waals surface area contributed by atoms with Crippen molar-refractivity contribution in [1.82, 2.24) is 15.6 Å². The molecule has 1 fully saturated rings. The molecular formula is C19H26FN5S. The van der Waals surface area contributed by atoms with Crippen LogP contribution in [0.5, 0.6) is 0 Å². The number of halogens is 1. The average Bonchev–Trinajstić information content (AvgIpc) is 3.06. The summed E-state index contributed by atoms with van der Waals surface area (Å²) in [5, 5.41) is 8.02. The van der Waals surface area contributed by atoms with Crippen molar-refractivity contribution in [2.75, 3.05) is 31.6 Å². The van der Waals surface area contributed by atoms with Crippen molar-refractivity contribution in [3.63, 3.8) is 0 Å². The van der Waals surface area contributed by atoms with Crippen LogP contribution in [0.3, 0.4) is 0 Å². The monoisotopic (exact) mass is 375 g/mol. The second kappa shape index (κ2) is 8.98. The van der Waals surface area contributed by atoms with E-state index in [0.29, 0.717) is 6.04 Å². The Bertz CT molecular complexity index is 737. The number of nitrogens with zero attached hydrogens (tertiary/aromatic N) is 3. The molecule has 3 rings (SSSR count). The van der Waals surface area contributed by atoms with Crippen LogP contribution in [-0.4, -0.2) is 43.7 Å². The third kappa shape index (κ3) is 5.17. The van der Waals surface area contributed by atoms with Crippen LogP contribution in [-0.2, 0) is 6.42 Å². The van der Waals surface area contributed by atoms with E-state index in [1.165, 1.54) is 10.9 Å². The molecule has 1 aromatic heterocycles. The van der Waals surface area contributed by atoms with Gasteiger partial charge in [0.25, 0.3) is 0 Å². The van der Waals surface area contributed by atoms with E-state index in [4.69, 9.17) is 0 Å². The standard InChI is InChI=1S/C19H26FN5S/c1-14-13-23-18(26-14)6-9-22-19(21-2)24-16-7-10-25(11-8-16)17-5-3-4-15(20)12-17/h3-5,12-13,16H,6-11H2,1-2H3,(H2,21,22,24). The number of aryl methyl sites for hydroxylation is 1. The molecule has 1 saturated heterocycles. The van der Waals surface area contributed by atoms with E-state index < -0.39 is 0 Å². The Morgan fingerprint density at radius 3 is 2.85 bits per heavy atom. The maximum atomic E-state index is 13.4. The van der Waals surface area contributed by atoms with Gasteiger partial charge in [-0.25, -0.2) is 9.37 Å². The number of piperidine rings is 1. The minimum absolute atomic E-state index is 0.178. The molecule has 26 heavy (non-hydrogen) atoms. The summed E-state index contributed by atoms with van der Waals surface area (Å²) < 4.78 is 13.4. The Labute approximate surface area is 158 Å². The van der Waals surface area contributed by atoms with Gasteiger partial charge in [-0.15, -0.1) is 11.3 Å². The van der Waals surface area contributed by atoms with E-state index in [1.807, 2.05) is 12.3 Å². The van der Waals surface area contributed by atoms with Crippen LogP contribution in [0.2, 0.25) is 0 Å². The first-order valence-corrected chi connectivity index (χ1v) is 9.84. The molecule has 140 valence electrons. The zero-order valence-electron chi connectivity index (χ0n) is 15.3. The summed E-state index contributed by atoms with van der Waals surface area (Å²) in [6, 6.07) is 7.21. The molecule has 2 aromatic rings. The molecule has 0 aliphatic carbocycles. The maximum Gasteiger partial charge on any atom is 0.191 e. The molecule has 0 spiro atoms. The minimum atomic E-state index is -0.178. The molecule has 0 unspecified atom stereocenters. The lowest BCUT2D eigenvalue weighted by Crippen LogP contribution is -2.49. The number of hydrogen-bond acceptors (Lipinski definition) is 4. The van der Waals surface area contributed by atoms with E-state index in [-0.39, 0.29) is 5.82 Å². The summed E-state index contributed by atoms with van der Waals surface area (Å²) >= 11 is 1.74. The summed E-state index contributed by atoms with van der Waals surface area (Å²) in [6.45, 7) is 4.72. The lowest BCUT2D eigenvalue weighted by atomic mass is 10.0. The fourth-order valence-electron chi connectivity index (χ4n) is 3.15. The normalized spacial score (nSPS) is 16.0. The highest BCUT2D eigenvalue weighted by Gasteiger charge is 2.20. The van der Waals surface area contributed by atoms with Gasteiger partial charge in [0.1, 0.15) is 5.82 Å². The summed E-state index contributed by atoms with van der Waals surface area (Å²) in [5.74, 6) is 0.658. The molecule has 1 aliphatic rings. The van der Waals surface area contributed by atoms with Gasteiger partial charge in [-0.05, 0) is 38.0 Å². The summed E-state index contributed by atoms with van der Waals surface area (Å²) in [5.41, 5.74) is 0.963. The van der Waals surface area contributed by atoms with Crippen LogP contribution in [0.15, 0.2) is 35.5 Å². The maximum absolute atomic E-state index is 13.4. The smallest absolute Gasteiger partial charge is 0.191 e. The van der Waals surface area contributed by atoms with Crippen molar-refractivity contribution in [1.29, 1.82) is 0 Å². The van der Waals surface area contributed by atoms with Gasteiger partial charge in [0.05, 0.1) is 5.01 Å². The first-order chi connectivity index (χ1) is 12.6. The molecule has 0 bridgehead atoms. The van der Waals surface area contributed by atoms with Crippen LogP contribution in [0.25, 0.3) is 0 Å². The van der Waals surface area contributed by atoms with Crippen LogP contribution < -0.4 is 15.5 Å². The Balaban J connectivity index is 1.42. The molecule has 2 heterocycles. The highest BCUT2D eigenvalue weighted by atomic mass is 32.1. The second-order valence-corrected chi connectivity index (χ2v) is 7.82. The Hall–Kier alpha value is -2.15. The van der Waals surface area contributed by atoms with Gasteiger partial charge >= 0.3 is 0 Å². The molecule has 5 nitrogen and oxygen atoms in total. The molecule has 0 atom stereocenters. The van der Waals surface area contributed by atoms with Crippen molar-refractivity contribution < 1.29 is 4.39 Å². The number of anilines is 1. The van der Waals surface area contributed by atoms with Gasteiger partial charge in [-0.3, -0.25) is 4.99 Å². The van der Waals surface area contributed by atoms with Gasteiger partial charge in [0.15, 0.2) is 5.96 Å². The van der Waals surface area contributed by atoms with E-state index in [0.717, 1.165) is 55.6 Å². The summed E-state index contributed by atoms with van der Waals surface area (Å²) in [4.78, 5) is 12.2. The van der Waals surface area contributed by atoms with Crippen molar-refractivity contribution in [3.05, 3.63) is 46.2 Å². The highest BCUT2D eigenvalue weighted by molar-refractivity contribution is 7.11. The first kappa shape index (κ1) is 18.6. The van der Waals surface area contributed by atoms with Gasteiger partial charge in [0.2, 0.25) is 0 Å². The highest BCUT2D eigenvalue weighted by Crippen LogP contribution is 2.20. The molecular weight excluding hydrogens is 349 g/mol. The summed E-state index contributed by atoms with van der Waals surface area (Å²) in [6.07, 6.45) is 4.82. The summed E-state index contributed by atoms with van der Waals surface area (Å²) in [7, 11) is 1.80. The number of aliphatic imine (C=N–C) groups is 1. The number of guanidine groups is 1. The average molecular weight is 376 g/mol. The van der Waals surface area contributed by atoms with Crippen molar-refractivity contribution in [2.24, 2.45) is 4.99 Å².